The third-order valence-electron chi connectivity index (χ3n) is 6.61. The van der Waals surface area contributed by atoms with Gasteiger partial charge in [-0.1, -0.05) is 26.3 Å². The summed E-state index contributed by atoms with van der Waals surface area (Å²) in [4.78, 5) is 11.5. The maximum atomic E-state index is 11.5. The van der Waals surface area contributed by atoms with Crippen LogP contribution in [0.5, 0.6) is 0 Å². The third kappa shape index (κ3) is 1.41. The number of ether oxygens (including phenoxy) is 1. The molecular weight excluding hydrogens is 236 g/mol. The Bertz CT molecular complexity index is 460. The first-order valence-electron chi connectivity index (χ1n) is 7.69. The van der Waals surface area contributed by atoms with Crippen molar-refractivity contribution in [3.8, 4) is 0 Å². The van der Waals surface area contributed by atoms with Crippen molar-refractivity contribution in [1.29, 1.82) is 0 Å². The Hall–Kier alpha value is -0.790. The Morgan fingerprint density at radius 1 is 1.32 bits per heavy atom. The standard InChI is InChI=1S/C17H26O2/c1-10-8-9-17-11(2)6-7-13(16(17,4)5)15(14(10)17)19-12(3)18/h11,13,15H,6-9H2,1-5H3/t11-,13-,15+,17+/m1/s1. The summed E-state index contributed by atoms with van der Waals surface area (Å²) in [5.41, 5.74) is 3.55. The summed E-state index contributed by atoms with van der Waals surface area (Å²) in [5, 5.41) is 0. The van der Waals surface area contributed by atoms with E-state index in [4.69, 9.17) is 4.74 Å². The van der Waals surface area contributed by atoms with Gasteiger partial charge in [-0.15, -0.1) is 0 Å². The largest absolute Gasteiger partial charge is 0.458 e. The van der Waals surface area contributed by atoms with Gasteiger partial charge in [0.2, 0.25) is 0 Å². The zero-order valence-electron chi connectivity index (χ0n) is 12.9. The number of rotatable bonds is 1. The lowest BCUT2D eigenvalue weighted by Crippen LogP contribution is -2.45. The molecule has 106 valence electrons. The van der Waals surface area contributed by atoms with Crippen molar-refractivity contribution in [2.75, 3.05) is 0 Å². The minimum absolute atomic E-state index is 0.0555. The van der Waals surface area contributed by atoms with Gasteiger partial charge in [-0.05, 0) is 49.5 Å². The van der Waals surface area contributed by atoms with E-state index in [2.05, 4.69) is 27.7 Å². The van der Waals surface area contributed by atoms with Gasteiger partial charge in [0.15, 0.2) is 0 Å². The fourth-order valence-electron chi connectivity index (χ4n) is 5.77. The van der Waals surface area contributed by atoms with E-state index in [1.54, 1.807) is 6.92 Å². The van der Waals surface area contributed by atoms with Crippen molar-refractivity contribution >= 4 is 5.97 Å². The Morgan fingerprint density at radius 3 is 2.63 bits per heavy atom. The molecule has 0 heterocycles. The van der Waals surface area contributed by atoms with Crippen molar-refractivity contribution in [1.82, 2.24) is 0 Å². The van der Waals surface area contributed by atoms with Crippen molar-refractivity contribution < 1.29 is 9.53 Å². The lowest BCUT2D eigenvalue weighted by molar-refractivity contribution is -0.147. The summed E-state index contributed by atoms with van der Waals surface area (Å²) in [6.45, 7) is 11.0. The molecule has 2 saturated carbocycles. The normalized spacial score (nSPS) is 43.3. The maximum absolute atomic E-state index is 11.5. The van der Waals surface area contributed by atoms with E-state index in [1.165, 1.54) is 36.8 Å². The van der Waals surface area contributed by atoms with E-state index in [0.29, 0.717) is 17.3 Å². The molecule has 0 aromatic heterocycles. The average molecular weight is 262 g/mol. The quantitative estimate of drug-likeness (QED) is 0.525. The van der Waals surface area contributed by atoms with E-state index in [0.717, 1.165) is 0 Å². The highest BCUT2D eigenvalue weighted by molar-refractivity contribution is 5.67. The molecule has 19 heavy (non-hydrogen) atoms. The summed E-state index contributed by atoms with van der Waals surface area (Å²) in [5.74, 6) is 1.10. The molecule has 0 saturated heterocycles. The first-order valence-corrected chi connectivity index (χ1v) is 7.69. The fraction of sp³-hybridized carbons (Fsp3) is 0.824. The predicted molar refractivity (Wildman–Crippen MR) is 75.6 cm³/mol. The minimum atomic E-state index is -0.122. The number of allylic oxidation sites excluding steroid dienone is 1. The van der Waals surface area contributed by atoms with Crippen molar-refractivity contribution in [3.63, 3.8) is 0 Å². The molecule has 0 aromatic rings. The van der Waals surface area contributed by atoms with Gasteiger partial charge in [-0.3, -0.25) is 4.79 Å². The molecule has 3 rings (SSSR count). The number of carbonyl (C=O) groups is 1. The molecule has 3 aliphatic rings. The zero-order chi connectivity index (χ0) is 14.0. The van der Waals surface area contributed by atoms with Gasteiger partial charge < -0.3 is 4.74 Å². The third-order valence-corrected chi connectivity index (χ3v) is 6.61. The Labute approximate surface area is 116 Å². The number of carbonyl (C=O) groups excluding carboxylic acids is 1. The second kappa shape index (κ2) is 3.86. The first kappa shape index (κ1) is 13.2. The summed E-state index contributed by atoms with van der Waals surface area (Å²) < 4.78 is 5.79. The Kier molecular flexibility index (Phi) is 2.69. The van der Waals surface area contributed by atoms with Crippen LogP contribution < -0.4 is 0 Å². The second-order valence-electron chi connectivity index (χ2n) is 7.50. The Balaban J connectivity index is 2.16. The molecule has 0 amide bonds. The van der Waals surface area contributed by atoms with Gasteiger partial charge in [0.25, 0.3) is 0 Å². The smallest absolute Gasteiger partial charge is 0.303 e. The molecule has 2 bridgehead atoms. The lowest BCUT2D eigenvalue weighted by atomic mass is 9.53. The van der Waals surface area contributed by atoms with Gasteiger partial charge in [0, 0.05) is 18.3 Å². The van der Waals surface area contributed by atoms with Crippen LogP contribution in [0.3, 0.4) is 0 Å². The van der Waals surface area contributed by atoms with Crippen LogP contribution in [0.2, 0.25) is 0 Å². The second-order valence-corrected chi connectivity index (χ2v) is 7.50. The monoisotopic (exact) mass is 262 g/mol. The average Bonchev–Trinajstić information content (AvgIpc) is 2.67. The highest BCUT2D eigenvalue weighted by Crippen LogP contribution is 2.73. The molecule has 0 radical (unpaired) electrons. The van der Waals surface area contributed by atoms with E-state index in [9.17, 15) is 4.79 Å². The summed E-state index contributed by atoms with van der Waals surface area (Å²) >= 11 is 0. The van der Waals surface area contributed by atoms with Crippen molar-refractivity contribution in [2.24, 2.45) is 22.7 Å². The van der Waals surface area contributed by atoms with Crippen LogP contribution in [0.15, 0.2) is 11.1 Å². The molecule has 0 unspecified atom stereocenters. The molecular formula is C17H26O2. The molecule has 2 heteroatoms. The number of hydrogen-bond acceptors (Lipinski definition) is 2. The predicted octanol–water partition coefficient (Wildman–Crippen LogP) is 4.10. The van der Waals surface area contributed by atoms with Crippen LogP contribution in [-0.4, -0.2) is 12.1 Å². The number of hydrogen-bond donors (Lipinski definition) is 0. The van der Waals surface area contributed by atoms with Crippen LogP contribution in [0, 0.1) is 22.7 Å². The molecule has 3 aliphatic carbocycles. The molecule has 4 atom stereocenters. The van der Waals surface area contributed by atoms with Crippen LogP contribution >= 0.6 is 0 Å². The van der Waals surface area contributed by atoms with Gasteiger partial charge >= 0.3 is 5.97 Å². The van der Waals surface area contributed by atoms with Gasteiger partial charge in [0.1, 0.15) is 6.10 Å². The highest BCUT2D eigenvalue weighted by atomic mass is 16.5. The van der Waals surface area contributed by atoms with Gasteiger partial charge in [-0.2, -0.15) is 0 Å². The molecule has 1 spiro atoms. The SMILES string of the molecule is CC(=O)O[C@@H]1C2=C(C)CC[C@]23[C@H](C)CC[C@H]1C3(C)C. The van der Waals surface area contributed by atoms with Crippen molar-refractivity contribution in [3.05, 3.63) is 11.1 Å². The minimum Gasteiger partial charge on any atom is -0.458 e. The van der Waals surface area contributed by atoms with E-state index in [-0.39, 0.29) is 17.5 Å². The van der Waals surface area contributed by atoms with Crippen LogP contribution in [0.1, 0.15) is 60.3 Å². The van der Waals surface area contributed by atoms with E-state index in [1.807, 2.05) is 0 Å². The summed E-state index contributed by atoms with van der Waals surface area (Å²) in [6, 6.07) is 0. The first-order chi connectivity index (χ1) is 8.82. The lowest BCUT2D eigenvalue weighted by Gasteiger charge is -2.51. The highest BCUT2D eigenvalue weighted by Gasteiger charge is 2.68. The molecule has 0 N–H and O–H groups in total. The van der Waals surface area contributed by atoms with Crippen molar-refractivity contribution in [2.45, 2.75) is 66.4 Å². The zero-order valence-corrected chi connectivity index (χ0v) is 12.9. The molecule has 0 aliphatic heterocycles. The number of fused-ring (bicyclic) bond motifs is 1. The maximum Gasteiger partial charge on any atom is 0.303 e. The van der Waals surface area contributed by atoms with Crippen LogP contribution in [0.25, 0.3) is 0 Å². The number of esters is 1. The van der Waals surface area contributed by atoms with Crippen LogP contribution in [-0.2, 0) is 9.53 Å². The molecule has 0 aromatic carbocycles. The van der Waals surface area contributed by atoms with Gasteiger partial charge in [0.05, 0.1) is 0 Å². The van der Waals surface area contributed by atoms with E-state index < -0.39 is 0 Å². The molecule has 2 fully saturated rings. The fourth-order valence-corrected chi connectivity index (χ4v) is 5.77. The van der Waals surface area contributed by atoms with Gasteiger partial charge in [-0.25, -0.2) is 0 Å². The Morgan fingerprint density at radius 2 is 2.00 bits per heavy atom. The topological polar surface area (TPSA) is 26.3 Å². The summed E-state index contributed by atoms with van der Waals surface area (Å²) in [7, 11) is 0. The van der Waals surface area contributed by atoms with E-state index >= 15 is 0 Å². The van der Waals surface area contributed by atoms with Crippen LogP contribution in [0.4, 0.5) is 0 Å². The summed E-state index contributed by atoms with van der Waals surface area (Å²) in [6.07, 6.45) is 4.98. The molecule has 2 nitrogen and oxygen atoms in total.